The Balaban J connectivity index is 1.46. The molecule has 3 nitrogen and oxygen atoms in total. The molecule has 0 aromatic carbocycles. The first-order valence-electron chi connectivity index (χ1n) is 8.34. The van der Waals surface area contributed by atoms with Gasteiger partial charge in [-0.05, 0) is 48.1 Å². The Hall–Kier alpha value is -0.420. The second-order valence-electron chi connectivity index (χ2n) is 6.81. The van der Waals surface area contributed by atoms with Crippen molar-refractivity contribution in [3.63, 3.8) is 0 Å². The van der Waals surface area contributed by atoms with Crippen molar-refractivity contribution in [1.29, 1.82) is 0 Å². The summed E-state index contributed by atoms with van der Waals surface area (Å²) < 4.78 is 6.24. The zero-order chi connectivity index (χ0) is 14.7. The van der Waals surface area contributed by atoms with Crippen molar-refractivity contribution in [1.82, 2.24) is 10.2 Å². The van der Waals surface area contributed by atoms with Crippen LogP contribution in [-0.2, 0) is 11.3 Å². The molecule has 1 saturated carbocycles. The fourth-order valence-corrected chi connectivity index (χ4v) is 3.75. The molecule has 1 aromatic heterocycles. The van der Waals surface area contributed by atoms with Crippen molar-refractivity contribution in [2.45, 2.75) is 70.4 Å². The van der Waals surface area contributed by atoms with Crippen LogP contribution in [0.5, 0.6) is 0 Å². The second kappa shape index (κ2) is 7.23. The maximum absolute atomic E-state index is 6.24. The van der Waals surface area contributed by atoms with Crippen LogP contribution >= 0.6 is 11.3 Å². The van der Waals surface area contributed by atoms with Gasteiger partial charge in [0.1, 0.15) is 0 Å². The van der Waals surface area contributed by atoms with E-state index in [0.717, 1.165) is 25.7 Å². The molecule has 3 rings (SSSR count). The van der Waals surface area contributed by atoms with Gasteiger partial charge in [-0.3, -0.25) is 4.90 Å². The summed E-state index contributed by atoms with van der Waals surface area (Å²) >= 11 is 1.80. The van der Waals surface area contributed by atoms with Gasteiger partial charge in [-0.25, -0.2) is 0 Å². The van der Waals surface area contributed by atoms with E-state index in [2.05, 4.69) is 40.9 Å². The molecule has 0 radical (unpaired) electrons. The van der Waals surface area contributed by atoms with Crippen molar-refractivity contribution in [2.75, 3.05) is 13.1 Å². The highest BCUT2D eigenvalue weighted by molar-refractivity contribution is 7.07. The molecule has 1 aliphatic carbocycles. The standard InChI is InChI=1S/C17H28N2OS/c1-13(2)18-9-16-5-6-17(20-16)11-19(15-3-4-15)10-14-7-8-21-12-14/h7-8,12-13,15-18H,3-6,9-11H2,1-2H3. The lowest BCUT2D eigenvalue weighted by Crippen LogP contribution is -2.36. The highest BCUT2D eigenvalue weighted by Crippen LogP contribution is 2.31. The van der Waals surface area contributed by atoms with Gasteiger partial charge in [0, 0.05) is 31.7 Å². The van der Waals surface area contributed by atoms with Crippen molar-refractivity contribution in [3.05, 3.63) is 22.4 Å². The van der Waals surface area contributed by atoms with Gasteiger partial charge < -0.3 is 10.1 Å². The summed E-state index contributed by atoms with van der Waals surface area (Å²) in [5, 5.41) is 7.95. The van der Waals surface area contributed by atoms with Gasteiger partial charge in [0.05, 0.1) is 12.2 Å². The second-order valence-corrected chi connectivity index (χ2v) is 7.59. The lowest BCUT2D eigenvalue weighted by molar-refractivity contribution is 0.0193. The molecule has 2 unspecified atom stereocenters. The first-order valence-corrected chi connectivity index (χ1v) is 9.29. The molecule has 2 fully saturated rings. The lowest BCUT2D eigenvalue weighted by Gasteiger charge is -2.25. The molecule has 4 heteroatoms. The van der Waals surface area contributed by atoms with E-state index < -0.39 is 0 Å². The Morgan fingerprint density at radius 3 is 2.76 bits per heavy atom. The minimum atomic E-state index is 0.416. The average Bonchev–Trinajstić information content (AvgIpc) is 2.99. The van der Waals surface area contributed by atoms with E-state index >= 15 is 0 Å². The minimum Gasteiger partial charge on any atom is -0.372 e. The number of nitrogens with one attached hydrogen (secondary N) is 1. The van der Waals surface area contributed by atoms with E-state index in [9.17, 15) is 0 Å². The van der Waals surface area contributed by atoms with Crippen LogP contribution < -0.4 is 5.32 Å². The number of nitrogens with zero attached hydrogens (tertiary/aromatic N) is 1. The fourth-order valence-electron chi connectivity index (χ4n) is 3.09. The lowest BCUT2D eigenvalue weighted by atomic mass is 10.1. The molecule has 2 heterocycles. The molecule has 1 aromatic rings. The molecule has 0 spiro atoms. The third-order valence-corrected chi connectivity index (χ3v) is 5.15. The summed E-state index contributed by atoms with van der Waals surface area (Å²) in [5.41, 5.74) is 1.46. The van der Waals surface area contributed by atoms with E-state index in [0.29, 0.717) is 18.2 Å². The highest BCUT2D eigenvalue weighted by Gasteiger charge is 2.33. The van der Waals surface area contributed by atoms with Crippen LogP contribution in [0.15, 0.2) is 16.8 Å². The van der Waals surface area contributed by atoms with Crippen LogP contribution in [0.25, 0.3) is 0 Å². The van der Waals surface area contributed by atoms with Crippen molar-refractivity contribution in [3.8, 4) is 0 Å². The Bertz CT molecular complexity index is 416. The summed E-state index contributed by atoms with van der Waals surface area (Å²) in [6.45, 7) is 7.61. The van der Waals surface area contributed by atoms with E-state index in [4.69, 9.17) is 4.74 Å². The summed E-state index contributed by atoms with van der Waals surface area (Å²) in [4.78, 5) is 2.64. The number of thiophene rings is 1. The van der Waals surface area contributed by atoms with Crippen LogP contribution in [0.4, 0.5) is 0 Å². The van der Waals surface area contributed by atoms with Crippen LogP contribution in [0.1, 0.15) is 45.1 Å². The molecular formula is C17H28N2OS. The van der Waals surface area contributed by atoms with Gasteiger partial charge >= 0.3 is 0 Å². The predicted octanol–water partition coefficient (Wildman–Crippen LogP) is 3.26. The predicted molar refractivity (Wildman–Crippen MR) is 88.8 cm³/mol. The first kappa shape index (κ1) is 15.5. The Morgan fingerprint density at radius 1 is 1.29 bits per heavy atom. The van der Waals surface area contributed by atoms with E-state index in [-0.39, 0.29) is 0 Å². The van der Waals surface area contributed by atoms with Crippen molar-refractivity contribution < 1.29 is 4.74 Å². The van der Waals surface area contributed by atoms with Crippen LogP contribution in [0.2, 0.25) is 0 Å². The third-order valence-electron chi connectivity index (χ3n) is 4.42. The fraction of sp³-hybridized carbons (Fsp3) is 0.765. The Morgan fingerprint density at radius 2 is 2.10 bits per heavy atom. The molecule has 21 heavy (non-hydrogen) atoms. The van der Waals surface area contributed by atoms with E-state index in [1.54, 1.807) is 11.3 Å². The molecule has 0 bridgehead atoms. The first-order chi connectivity index (χ1) is 10.2. The molecule has 2 atom stereocenters. The Labute approximate surface area is 132 Å². The molecule has 1 N–H and O–H groups in total. The number of rotatable bonds is 8. The maximum atomic E-state index is 6.24. The minimum absolute atomic E-state index is 0.416. The van der Waals surface area contributed by atoms with Gasteiger partial charge in [-0.15, -0.1) is 0 Å². The smallest absolute Gasteiger partial charge is 0.0707 e. The van der Waals surface area contributed by atoms with Gasteiger partial charge in [0.25, 0.3) is 0 Å². The van der Waals surface area contributed by atoms with Crippen LogP contribution in [0, 0.1) is 0 Å². The summed E-state index contributed by atoms with van der Waals surface area (Å²) in [6, 6.07) is 3.61. The average molecular weight is 308 g/mol. The molecule has 2 aliphatic rings. The quantitative estimate of drug-likeness (QED) is 0.798. The Kier molecular flexibility index (Phi) is 5.33. The number of ether oxygens (including phenoxy) is 1. The van der Waals surface area contributed by atoms with Gasteiger partial charge in [-0.2, -0.15) is 11.3 Å². The molecular weight excluding hydrogens is 280 g/mol. The third kappa shape index (κ3) is 4.78. The van der Waals surface area contributed by atoms with Gasteiger partial charge in [0.2, 0.25) is 0 Å². The largest absolute Gasteiger partial charge is 0.372 e. The summed E-state index contributed by atoms with van der Waals surface area (Å²) in [7, 11) is 0. The van der Waals surface area contributed by atoms with Gasteiger partial charge in [0.15, 0.2) is 0 Å². The summed E-state index contributed by atoms with van der Waals surface area (Å²) in [6.07, 6.45) is 6.02. The maximum Gasteiger partial charge on any atom is 0.0707 e. The molecule has 1 saturated heterocycles. The summed E-state index contributed by atoms with van der Waals surface area (Å²) in [5.74, 6) is 0. The molecule has 1 aliphatic heterocycles. The highest BCUT2D eigenvalue weighted by atomic mass is 32.1. The topological polar surface area (TPSA) is 24.5 Å². The zero-order valence-electron chi connectivity index (χ0n) is 13.3. The normalized spacial score (nSPS) is 26.1. The number of hydrogen-bond donors (Lipinski definition) is 1. The zero-order valence-corrected chi connectivity index (χ0v) is 14.1. The van der Waals surface area contributed by atoms with Crippen LogP contribution in [0.3, 0.4) is 0 Å². The SMILES string of the molecule is CC(C)NCC1CCC(CN(Cc2ccsc2)C2CC2)O1. The monoisotopic (exact) mass is 308 g/mol. The van der Waals surface area contributed by atoms with E-state index in [1.807, 2.05) is 0 Å². The molecule has 0 amide bonds. The van der Waals surface area contributed by atoms with Crippen LogP contribution in [-0.4, -0.2) is 42.3 Å². The molecule has 118 valence electrons. The van der Waals surface area contributed by atoms with Gasteiger partial charge in [-0.1, -0.05) is 13.8 Å². The van der Waals surface area contributed by atoms with E-state index in [1.165, 1.54) is 31.2 Å². The van der Waals surface area contributed by atoms with Crippen molar-refractivity contribution >= 4 is 11.3 Å². The number of hydrogen-bond acceptors (Lipinski definition) is 4. The van der Waals surface area contributed by atoms with Crippen molar-refractivity contribution in [2.24, 2.45) is 0 Å².